The molecule has 23 heavy (non-hydrogen) atoms. The van der Waals surface area contributed by atoms with E-state index in [0.717, 1.165) is 24.2 Å². The van der Waals surface area contributed by atoms with Crippen molar-refractivity contribution in [2.45, 2.75) is 25.5 Å². The van der Waals surface area contributed by atoms with E-state index >= 15 is 0 Å². The number of halogens is 1. The lowest BCUT2D eigenvalue weighted by Gasteiger charge is -2.17. The van der Waals surface area contributed by atoms with Crippen LogP contribution < -0.4 is 0 Å². The van der Waals surface area contributed by atoms with Crippen molar-refractivity contribution in [3.8, 4) is 0 Å². The second kappa shape index (κ2) is 7.10. The molecule has 1 aliphatic heterocycles. The molecule has 3 rings (SSSR count). The molecule has 2 heterocycles. The van der Waals surface area contributed by atoms with Crippen molar-refractivity contribution in [3.63, 3.8) is 0 Å². The van der Waals surface area contributed by atoms with Crippen LogP contribution in [-0.2, 0) is 22.6 Å². The largest absolute Gasteiger partial charge is 0.378 e. The number of likely N-dealkylation sites (tertiary alicyclic amines) is 1. The zero-order valence-corrected chi connectivity index (χ0v) is 13.7. The van der Waals surface area contributed by atoms with Crippen molar-refractivity contribution in [3.05, 3.63) is 46.7 Å². The zero-order chi connectivity index (χ0) is 16.2. The van der Waals surface area contributed by atoms with Gasteiger partial charge in [-0.15, -0.1) is 5.10 Å². The first-order valence-corrected chi connectivity index (χ1v) is 7.96. The molecule has 1 fully saturated rings. The van der Waals surface area contributed by atoms with E-state index < -0.39 is 0 Å². The minimum atomic E-state index is 0.0952. The average molecular weight is 335 g/mol. The predicted octanol–water partition coefficient (Wildman–Crippen LogP) is 2.09. The van der Waals surface area contributed by atoms with Crippen LogP contribution in [0.3, 0.4) is 0 Å². The average Bonchev–Trinajstić information content (AvgIpc) is 3.18. The molecular formula is C16H19ClN4O2. The molecule has 122 valence electrons. The van der Waals surface area contributed by atoms with Gasteiger partial charge in [-0.3, -0.25) is 4.79 Å². The summed E-state index contributed by atoms with van der Waals surface area (Å²) < 4.78 is 6.88. The van der Waals surface area contributed by atoms with E-state index in [-0.39, 0.29) is 11.9 Å². The van der Waals surface area contributed by atoms with Crippen LogP contribution in [0.1, 0.15) is 23.7 Å². The molecule has 1 aliphatic rings. The number of methoxy groups -OCH3 is 1. The Balaban J connectivity index is 1.60. The summed E-state index contributed by atoms with van der Waals surface area (Å²) in [6.45, 7) is 1.83. The summed E-state index contributed by atoms with van der Waals surface area (Å²) in [5.41, 5.74) is 1.67. The Morgan fingerprint density at radius 1 is 1.43 bits per heavy atom. The van der Waals surface area contributed by atoms with Gasteiger partial charge in [-0.1, -0.05) is 35.0 Å². The molecule has 6 nitrogen and oxygen atoms in total. The lowest BCUT2D eigenvalue weighted by atomic mass is 10.1. The number of rotatable bonds is 5. The third-order valence-electron chi connectivity index (χ3n) is 4.04. The van der Waals surface area contributed by atoms with E-state index in [2.05, 4.69) is 10.3 Å². The third-order valence-corrected chi connectivity index (χ3v) is 4.41. The van der Waals surface area contributed by atoms with Gasteiger partial charge in [-0.05, 0) is 18.1 Å². The van der Waals surface area contributed by atoms with Gasteiger partial charge >= 0.3 is 0 Å². The maximum atomic E-state index is 12.5. The predicted molar refractivity (Wildman–Crippen MR) is 86.1 cm³/mol. The molecule has 1 aromatic carbocycles. The highest BCUT2D eigenvalue weighted by atomic mass is 35.5. The smallest absolute Gasteiger partial charge is 0.227 e. The first kappa shape index (κ1) is 16.0. The van der Waals surface area contributed by atoms with Crippen LogP contribution in [-0.4, -0.2) is 46.0 Å². The second-order valence-corrected chi connectivity index (χ2v) is 6.08. The maximum Gasteiger partial charge on any atom is 0.227 e. The molecule has 0 aliphatic carbocycles. The molecule has 1 amide bonds. The Morgan fingerprint density at radius 2 is 2.26 bits per heavy atom. The number of nitrogens with zero attached hydrogens (tertiary/aromatic N) is 4. The molecule has 0 radical (unpaired) electrons. The van der Waals surface area contributed by atoms with Gasteiger partial charge in [0.25, 0.3) is 0 Å². The number of aromatic nitrogens is 3. The van der Waals surface area contributed by atoms with E-state index in [1.165, 1.54) is 0 Å². The van der Waals surface area contributed by atoms with Crippen molar-refractivity contribution in [2.24, 2.45) is 0 Å². The molecule has 0 N–H and O–H groups in total. The van der Waals surface area contributed by atoms with Crippen LogP contribution in [0.5, 0.6) is 0 Å². The monoisotopic (exact) mass is 334 g/mol. The molecule has 0 saturated carbocycles. The van der Waals surface area contributed by atoms with Gasteiger partial charge in [0, 0.05) is 25.2 Å². The first-order chi connectivity index (χ1) is 11.2. The lowest BCUT2D eigenvalue weighted by Crippen LogP contribution is -2.30. The van der Waals surface area contributed by atoms with Gasteiger partial charge in [0.2, 0.25) is 5.91 Å². The van der Waals surface area contributed by atoms with E-state index in [0.29, 0.717) is 24.6 Å². The molecule has 1 atom stereocenters. The summed E-state index contributed by atoms with van der Waals surface area (Å²) in [7, 11) is 1.63. The summed E-state index contributed by atoms with van der Waals surface area (Å²) in [6.07, 6.45) is 3.10. The summed E-state index contributed by atoms with van der Waals surface area (Å²) in [6, 6.07) is 7.63. The Labute approximate surface area is 140 Å². The van der Waals surface area contributed by atoms with Gasteiger partial charge < -0.3 is 9.64 Å². The fraction of sp³-hybridized carbons (Fsp3) is 0.438. The summed E-state index contributed by atoms with van der Waals surface area (Å²) >= 11 is 6.13. The van der Waals surface area contributed by atoms with Gasteiger partial charge in [0.05, 0.1) is 25.3 Å². The minimum Gasteiger partial charge on any atom is -0.378 e. The minimum absolute atomic E-state index is 0.0952. The fourth-order valence-corrected chi connectivity index (χ4v) is 3.01. The van der Waals surface area contributed by atoms with Crippen molar-refractivity contribution in [2.75, 3.05) is 20.2 Å². The quantitative estimate of drug-likeness (QED) is 0.840. The van der Waals surface area contributed by atoms with Crippen molar-refractivity contribution >= 4 is 17.5 Å². The molecule has 1 saturated heterocycles. The fourth-order valence-electron chi connectivity index (χ4n) is 2.81. The number of hydrogen-bond donors (Lipinski definition) is 0. The number of carbonyl (C=O) groups is 1. The van der Waals surface area contributed by atoms with E-state index in [1.807, 2.05) is 40.0 Å². The Hall–Kier alpha value is -1.92. The Morgan fingerprint density at radius 3 is 3.04 bits per heavy atom. The summed E-state index contributed by atoms with van der Waals surface area (Å²) in [4.78, 5) is 14.3. The SMILES string of the molecule is COCc1cn([C@H]2CCN(C(=O)Cc3ccccc3Cl)C2)nn1. The van der Waals surface area contributed by atoms with Crippen LogP contribution in [0.15, 0.2) is 30.5 Å². The highest BCUT2D eigenvalue weighted by Gasteiger charge is 2.28. The van der Waals surface area contributed by atoms with E-state index in [1.54, 1.807) is 7.11 Å². The van der Waals surface area contributed by atoms with Crippen molar-refractivity contribution in [1.82, 2.24) is 19.9 Å². The van der Waals surface area contributed by atoms with Crippen LogP contribution in [0.25, 0.3) is 0 Å². The number of benzene rings is 1. The highest BCUT2D eigenvalue weighted by Crippen LogP contribution is 2.23. The van der Waals surface area contributed by atoms with Gasteiger partial charge in [-0.25, -0.2) is 4.68 Å². The molecule has 0 unspecified atom stereocenters. The van der Waals surface area contributed by atoms with Crippen molar-refractivity contribution < 1.29 is 9.53 Å². The van der Waals surface area contributed by atoms with E-state index in [9.17, 15) is 4.79 Å². The summed E-state index contributed by atoms with van der Waals surface area (Å²) in [5, 5.41) is 8.84. The standard InChI is InChI=1S/C16H19ClN4O2/c1-23-11-13-9-21(19-18-13)14-6-7-20(10-14)16(22)8-12-4-2-3-5-15(12)17/h2-5,9,14H,6-8,10-11H2,1H3/t14-/m0/s1. The molecule has 2 aromatic rings. The third kappa shape index (κ3) is 3.71. The molecular weight excluding hydrogens is 316 g/mol. The number of ether oxygens (including phenoxy) is 1. The molecule has 0 bridgehead atoms. The number of carbonyl (C=O) groups excluding carboxylic acids is 1. The van der Waals surface area contributed by atoms with Gasteiger partial charge in [-0.2, -0.15) is 0 Å². The normalized spacial score (nSPS) is 17.7. The second-order valence-electron chi connectivity index (χ2n) is 5.67. The van der Waals surface area contributed by atoms with Crippen molar-refractivity contribution in [1.29, 1.82) is 0 Å². The molecule has 7 heteroatoms. The van der Waals surface area contributed by atoms with Crippen LogP contribution in [0.4, 0.5) is 0 Å². The van der Waals surface area contributed by atoms with Crippen LogP contribution in [0, 0.1) is 0 Å². The zero-order valence-electron chi connectivity index (χ0n) is 13.0. The maximum absolute atomic E-state index is 12.5. The van der Waals surface area contributed by atoms with E-state index in [4.69, 9.17) is 16.3 Å². The summed E-state index contributed by atoms with van der Waals surface area (Å²) in [5.74, 6) is 0.0952. The highest BCUT2D eigenvalue weighted by molar-refractivity contribution is 6.31. The van der Waals surface area contributed by atoms with Crippen LogP contribution in [0.2, 0.25) is 5.02 Å². The number of amides is 1. The van der Waals surface area contributed by atoms with Gasteiger partial charge in [0.15, 0.2) is 0 Å². The Bertz CT molecular complexity index is 688. The first-order valence-electron chi connectivity index (χ1n) is 7.58. The topological polar surface area (TPSA) is 60.2 Å². The van der Waals surface area contributed by atoms with Crippen LogP contribution >= 0.6 is 11.6 Å². The lowest BCUT2D eigenvalue weighted by molar-refractivity contribution is -0.129. The van der Waals surface area contributed by atoms with Gasteiger partial charge in [0.1, 0.15) is 5.69 Å². The number of hydrogen-bond acceptors (Lipinski definition) is 4. The molecule has 1 aromatic heterocycles. The Kier molecular flexibility index (Phi) is 4.93. The molecule has 0 spiro atoms.